The van der Waals surface area contributed by atoms with Crippen LogP contribution in [0.4, 0.5) is 11.9 Å². The van der Waals surface area contributed by atoms with Gasteiger partial charge in [0.25, 0.3) is 5.91 Å². The van der Waals surface area contributed by atoms with Gasteiger partial charge in [-0.05, 0) is 17.6 Å². The van der Waals surface area contributed by atoms with Gasteiger partial charge in [-0.2, -0.15) is 0 Å². The number of aromatic nitrogens is 3. The zero-order chi connectivity index (χ0) is 14.4. The summed E-state index contributed by atoms with van der Waals surface area (Å²) in [7, 11) is 0. The molecular formula is C15H18N5O+. The second-order valence-corrected chi connectivity index (χ2v) is 5.75. The molecule has 1 aromatic carbocycles. The van der Waals surface area contributed by atoms with Crippen LogP contribution in [0.5, 0.6) is 0 Å². The Labute approximate surface area is 122 Å². The highest BCUT2D eigenvalue weighted by atomic mass is 16.2. The lowest BCUT2D eigenvalue weighted by atomic mass is 9.99. The summed E-state index contributed by atoms with van der Waals surface area (Å²) < 4.78 is 4.07. The third-order valence-corrected chi connectivity index (χ3v) is 4.18. The van der Waals surface area contributed by atoms with E-state index in [0.717, 1.165) is 12.4 Å². The molecule has 0 fully saturated rings. The molecule has 2 aliphatic rings. The maximum absolute atomic E-state index is 11.6. The Balaban J connectivity index is 1.82. The van der Waals surface area contributed by atoms with Gasteiger partial charge in [-0.25, -0.2) is 9.88 Å². The van der Waals surface area contributed by atoms with Gasteiger partial charge >= 0.3 is 11.9 Å². The first-order valence-electron chi connectivity index (χ1n) is 7.36. The number of fused-ring (bicyclic) bond motifs is 3. The molecule has 0 radical (unpaired) electrons. The number of carbonyl (C=O) groups is 1. The van der Waals surface area contributed by atoms with Crippen LogP contribution in [0.1, 0.15) is 31.4 Å². The van der Waals surface area contributed by atoms with Crippen LogP contribution in [0.25, 0.3) is 0 Å². The van der Waals surface area contributed by atoms with Gasteiger partial charge in [0.1, 0.15) is 6.04 Å². The van der Waals surface area contributed by atoms with Gasteiger partial charge in [0.05, 0.1) is 19.0 Å². The van der Waals surface area contributed by atoms with Gasteiger partial charge in [0, 0.05) is 6.42 Å². The van der Waals surface area contributed by atoms with Gasteiger partial charge in [-0.3, -0.25) is 4.79 Å². The first-order valence-corrected chi connectivity index (χ1v) is 7.36. The highest BCUT2D eigenvalue weighted by molar-refractivity contribution is 5.88. The minimum atomic E-state index is 0.0368. The van der Waals surface area contributed by atoms with Crippen molar-refractivity contribution in [2.75, 3.05) is 10.6 Å². The van der Waals surface area contributed by atoms with E-state index in [-0.39, 0.29) is 11.9 Å². The molecule has 21 heavy (non-hydrogen) atoms. The quantitative estimate of drug-likeness (QED) is 0.776. The van der Waals surface area contributed by atoms with Gasteiger partial charge in [-0.15, -0.1) is 4.68 Å². The van der Waals surface area contributed by atoms with Crippen LogP contribution in [0.15, 0.2) is 30.3 Å². The molecule has 1 amide bonds. The van der Waals surface area contributed by atoms with E-state index in [0.29, 0.717) is 25.0 Å². The Kier molecular flexibility index (Phi) is 2.70. The van der Waals surface area contributed by atoms with E-state index in [4.69, 9.17) is 0 Å². The summed E-state index contributed by atoms with van der Waals surface area (Å²) in [6.45, 7) is 2.86. The molecule has 0 aliphatic carbocycles. The van der Waals surface area contributed by atoms with Crippen molar-refractivity contribution in [2.45, 2.75) is 38.4 Å². The van der Waals surface area contributed by atoms with Crippen molar-refractivity contribution in [3.8, 4) is 0 Å². The predicted molar refractivity (Wildman–Crippen MR) is 78.0 cm³/mol. The molecule has 0 saturated carbocycles. The van der Waals surface area contributed by atoms with E-state index in [1.54, 1.807) is 0 Å². The molecule has 4 rings (SSSR count). The number of anilines is 2. The normalized spacial score (nSPS) is 23.8. The fourth-order valence-electron chi connectivity index (χ4n) is 3.16. The summed E-state index contributed by atoms with van der Waals surface area (Å²) in [5, 5.41) is 11.0. The lowest BCUT2D eigenvalue weighted by Gasteiger charge is -2.26. The molecule has 2 aliphatic heterocycles. The Hall–Kier alpha value is -2.37. The van der Waals surface area contributed by atoms with Crippen molar-refractivity contribution in [3.05, 3.63) is 35.9 Å². The largest absolute Gasteiger partial charge is 0.356 e. The van der Waals surface area contributed by atoms with Crippen molar-refractivity contribution in [1.29, 1.82) is 0 Å². The molecule has 0 bridgehead atoms. The molecule has 6 heteroatoms. The Morgan fingerprint density at radius 1 is 1.33 bits per heavy atom. The van der Waals surface area contributed by atoms with Crippen LogP contribution in [-0.2, 0) is 11.3 Å². The molecule has 0 spiro atoms. The van der Waals surface area contributed by atoms with Crippen LogP contribution in [0.3, 0.4) is 0 Å². The Morgan fingerprint density at radius 2 is 2.14 bits per heavy atom. The number of carbonyl (C=O) groups excluding carboxylic acids is 1. The number of nitrogens with zero attached hydrogens (tertiary/aromatic N) is 3. The average Bonchev–Trinajstić information content (AvgIpc) is 2.84. The summed E-state index contributed by atoms with van der Waals surface area (Å²) in [5.74, 6) is 1.66. The van der Waals surface area contributed by atoms with Crippen LogP contribution < -0.4 is 15.2 Å². The molecule has 6 nitrogen and oxygen atoms in total. The second kappa shape index (κ2) is 4.58. The molecule has 3 heterocycles. The van der Waals surface area contributed by atoms with Crippen molar-refractivity contribution in [1.82, 2.24) is 9.78 Å². The van der Waals surface area contributed by atoms with Crippen LogP contribution >= 0.6 is 0 Å². The highest BCUT2D eigenvalue weighted by Gasteiger charge is 2.38. The zero-order valence-corrected chi connectivity index (χ0v) is 11.9. The summed E-state index contributed by atoms with van der Waals surface area (Å²) in [5.41, 5.74) is 1.25. The zero-order valence-electron chi connectivity index (χ0n) is 11.9. The average molecular weight is 284 g/mol. The molecular weight excluding hydrogens is 266 g/mol. The summed E-state index contributed by atoms with van der Waals surface area (Å²) in [6.07, 6.45) is 1.48. The minimum Gasteiger partial charge on any atom is -0.304 e. The number of hydrogen-bond donors (Lipinski definition) is 2. The standard InChI is InChI=1S/C15H17N5O/c1-10-9-12(11-5-3-2-4-6-11)20-15(16-10)19-8-7-13(21)17-14(19)18-20/h2-6,10,12H,7-9H2,1H3,(H,17,18,21)/p+1. The van der Waals surface area contributed by atoms with Crippen molar-refractivity contribution in [2.24, 2.45) is 0 Å². The molecule has 2 N–H and O–H groups in total. The lowest BCUT2D eigenvalue weighted by Crippen LogP contribution is -2.47. The highest BCUT2D eigenvalue weighted by Crippen LogP contribution is 2.31. The van der Waals surface area contributed by atoms with Gasteiger partial charge in [0.15, 0.2) is 0 Å². The first kappa shape index (κ1) is 12.4. The van der Waals surface area contributed by atoms with E-state index in [1.807, 2.05) is 10.7 Å². The van der Waals surface area contributed by atoms with E-state index in [1.165, 1.54) is 5.56 Å². The van der Waals surface area contributed by atoms with Gasteiger partial charge < -0.3 is 5.32 Å². The van der Waals surface area contributed by atoms with E-state index >= 15 is 0 Å². The summed E-state index contributed by atoms with van der Waals surface area (Å²) >= 11 is 0. The van der Waals surface area contributed by atoms with E-state index < -0.39 is 0 Å². The minimum absolute atomic E-state index is 0.0368. The lowest BCUT2D eigenvalue weighted by molar-refractivity contribution is -0.670. The predicted octanol–water partition coefficient (Wildman–Crippen LogP) is 1.31. The van der Waals surface area contributed by atoms with E-state index in [9.17, 15) is 4.79 Å². The smallest absolute Gasteiger partial charge is 0.304 e. The molecule has 1 aromatic heterocycles. The van der Waals surface area contributed by atoms with Crippen LogP contribution in [0.2, 0.25) is 0 Å². The topological polar surface area (TPSA) is 62.8 Å². The summed E-state index contributed by atoms with van der Waals surface area (Å²) in [4.78, 5) is 11.6. The first-order chi connectivity index (χ1) is 10.2. The third kappa shape index (κ3) is 1.98. The molecule has 108 valence electrons. The third-order valence-electron chi connectivity index (χ3n) is 4.18. The Morgan fingerprint density at radius 3 is 2.95 bits per heavy atom. The number of hydrogen-bond acceptors (Lipinski definition) is 3. The molecule has 2 atom stereocenters. The van der Waals surface area contributed by atoms with Crippen molar-refractivity contribution in [3.63, 3.8) is 0 Å². The second-order valence-electron chi connectivity index (χ2n) is 5.75. The van der Waals surface area contributed by atoms with Crippen molar-refractivity contribution >= 4 is 17.8 Å². The van der Waals surface area contributed by atoms with Crippen molar-refractivity contribution < 1.29 is 9.36 Å². The fourth-order valence-corrected chi connectivity index (χ4v) is 3.16. The van der Waals surface area contributed by atoms with Gasteiger partial charge in [0.2, 0.25) is 0 Å². The molecule has 0 saturated heterocycles. The maximum Gasteiger partial charge on any atom is 0.356 e. The number of amides is 1. The number of benzene rings is 1. The Bertz CT molecular complexity index is 694. The number of nitrogens with one attached hydrogen (secondary N) is 2. The monoisotopic (exact) mass is 284 g/mol. The molecule has 2 unspecified atom stereocenters. The summed E-state index contributed by atoms with van der Waals surface area (Å²) in [6, 6.07) is 11.0. The van der Waals surface area contributed by atoms with Crippen LogP contribution in [0, 0.1) is 0 Å². The molecule has 2 aromatic rings. The van der Waals surface area contributed by atoms with Crippen LogP contribution in [-0.4, -0.2) is 21.7 Å². The number of rotatable bonds is 1. The van der Waals surface area contributed by atoms with Gasteiger partial charge in [-0.1, -0.05) is 30.3 Å². The fraction of sp³-hybridized carbons (Fsp3) is 0.400. The van der Waals surface area contributed by atoms with E-state index in [2.05, 4.69) is 51.5 Å². The SMILES string of the molecule is CC1CC(c2ccccc2)n2nc3[n+](c2N1)CCC(=O)N3. The maximum atomic E-state index is 11.6.